The van der Waals surface area contributed by atoms with Gasteiger partial charge in [0.1, 0.15) is 47.9 Å². The Bertz CT molecular complexity index is 1670. The summed E-state index contributed by atoms with van der Waals surface area (Å²) >= 11 is 5.94. The van der Waals surface area contributed by atoms with Crippen LogP contribution in [0.5, 0.6) is 0 Å². The molecule has 264 valence electrons. The second kappa shape index (κ2) is 13.6. The van der Waals surface area contributed by atoms with Crippen molar-refractivity contribution in [3.63, 3.8) is 0 Å². The zero-order valence-electron chi connectivity index (χ0n) is 29.0. The van der Waals surface area contributed by atoms with E-state index < -0.39 is 67.5 Å². The summed E-state index contributed by atoms with van der Waals surface area (Å²) in [5.41, 5.74) is 7.16. The molecular weight excluding hydrogens is 699 g/mol. The van der Waals surface area contributed by atoms with Crippen LogP contribution in [0.25, 0.3) is 11.2 Å². The number of nitrogens with zero attached hydrogens (tertiary/aromatic N) is 4. The molecule has 11 nitrogen and oxygen atoms in total. The molecule has 0 radical (unpaired) electrons. The van der Waals surface area contributed by atoms with Crippen LogP contribution in [0.1, 0.15) is 59.4 Å². The molecule has 17 heteroatoms. The molecule has 48 heavy (non-hydrogen) atoms. The summed E-state index contributed by atoms with van der Waals surface area (Å²) in [5, 5.41) is -0.466. The van der Waals surface area contributed by atoms with Gasteiger partial charge in [0.25, 0.3) is 0 Å². The first-order valence-electron chi connectivity index (χ1n) is 15.7. The number of ether oxygens (including phenoxy) is 1. The minimum Gasteiger partial charge on any atom is -0.435 e. The Labute approximate surface area is 288 Å². The van der Waals surface area contributed by atoms with E-state index in [2.05, 4.69) is 82.7 Å². The third kappa shape index (κ3) is 7.49. The first-order valence-corrected chi connectivity index (χ1v) is 23.0. The SMILES string of the molecule is CC(C)(C)[Si](C)(C)O[C@@H]1[C@H](O[Si](C)(C)C(C)(C)C)[C@@H](COP2OC=CC(c3cc(Cl)c(F)cc3F)O2)O[C@H]1n1cnc2c(N)ncnc21. The molecule has 3 aromatic rings. The van der Waals surface area contributed by atoms with Crippen LogP contribution in [0.3, 0.4) is 0 Å². The number of nitrogens with two attached hydrogens (primary N) is 1. The number of benzene rings is 1. The highest BCUT2D eigenvalue weighted by atomic mass is 35.5. The number of fused-ring (bicyclic) bond motifs is 1. The molecule has 2 N–H and O–H groups in total. The van der Waals surface area contributed by atoms with E-state index in [4.69, 9.17) is 44.5 Å². The summed E-state index contributed by atoms with van der Waals surface area (Å²) in [5.74, 6) is -1.40. The van der Waals surface area contributed by atoms with Crippen molar-refractivity contribution in [2.75, 3.05) is 12.3 Å². The van der Waals surface area contributed by atoms with E-state index in [1.54, 1.807) is 6.33 Å². The number of hydrogen-bond donors (Lipinski definition) is 1. The standard InChI is InChI=1S/C31H45ClF2N5O6PSi2/c1-30(2,3)47(7,8)44-25-23(15-41-46-40-12-11-22(43-46)18-13-19(32)21(34)14-20(18)33)42-29(26(25)45-48(9,10)31(4,5)6)39-17-38-24-27(35)36-16-37-28(24)39/h11-14,16-17,22-23,25-26,29H,15H2,1-10H3,(H2,35,36,37)/t22?,23-,25-,26-,29-,46?/m1/s1. The molecule has 2 unspecified atom stereocenters. The van der Waals surface area contributed by atoms with E-state index in [-0.39, 0.29) is 33.1 Å². The number of hydrogen-bond acceptors (Lipinski definition) is 10. The van der Waals surface area contributed by atoms with Gasteiger partial charge in [-0.3, -0.25) is 13.6 Å². The van der Waals surface area contributed by atoms with Crippen LogP contribution in [0, 0.1) is 11.6 Å². The van der Waals surface area contributed by atoms with Gasteiger partial charge in [0.15, 0.2) is 34.3 Å². The fraction of sp³-hybridized carbons (Fsp3) is 0.581. The molecule has 2 aliphatic rings. The smallest absolute Gasteiger partial charge is 0.397 e. The molecule has 1 aromatic carbocycles. The largest absolute Gasteiger partial charge is 0.435 e. The summed E-state index contributed by atoms with van der Waals surface area (Å²) in [6, 6.07) is 1.92. The Kier molecular flexibility index (Phi) is 10.5. The van der Waals surface area contributed by atoms with Gasteiger partial charge in [0, 0.05) is 11.6 Å². The number of imidazole rings is 1. The van der Waals surface area contributed by atoms with Crippen molar-refractivity contribution < 1.29 is 35.9 Å². The molecule has 0 amide bonds. The maximum absolute atomic E-state index is 14.7. The van der Waals surface area contributed by atoms with Crippen LogP contribution < -0.4 is 5.73 Å². The molecular formula is C31H45ClF2N5O6PSi2. The third-order valence-electron chi connectivity index (χ3n) is 9.71. The Hall–Kier alpha value is -2.08. The molecule has 2 aliphatic heterocycles. The van der Waals surface area contributed by atoms with Crippen LogP contribution in [0.4, 0.5) is 14.6 Å². The zero-order valence-corrected chi connectivity index (χ0v) is 32.6. The van der Waals surface area contributed by atoms with Gasteiger partial charge in [-0.25, -0.2) is 23.7 Å². The van der Waals surface area contributed by atoms with Gasteiger partial charge in [-0.1, -0.05) is 53.1 Å². The molecule has 1 saturated heterocycles. The Morgan fingerprint density at radius 2 is 1.60 bits per heavy atom. The fourth-order valence-electron chi connectivity index (χ4n) is 4.84. The molecule has 5 rings (SSSR count). The van der Waals surface area contributed by atoms with Gasteiger partial charge in [0.2, 0.25) is 0 Å². The predicted octanol–water partition coefficient (Wildman–Crippen LogP) is 8.56. The molecule has 0 saturated carbocycles. The molecule has 6 atom stereocenters. The first-order chi connectivity index (χ1) is 22.2. The lowest BCUT2D eigenvalue weighted by Gasteiger charge is -2.44. The highest BCUT2D eigenvalue weighted by Crippen LogP contribution is 2.51. The lowest BCUT2D eigenvalue weighted by molar-refractivity contribution is -0.0480. The number of anilines is 1. The summed E-state index contributed by atoms with van der Waals surface area (Å²) in [7, 11) is -6.84. The van der Waals surface area contributed by atoms with E-state index in [1.165, 1.54) is 24.7 Å². The zero-order chi connectivity index (χ0) is 35.4. The maximum Gasteiger partial charge on any atom is 0.397 e. The van der Waals surface area contributed by atoms with Crippen molar-refractivity contribution in [2.45, 2.75) is 108 Å². The van der Waals surface area contributed by atoms with Crippen molar-refractivity contribution in [3.8, 4) is 0 Å². The summed E-state index contributed by atoms with van der Waals surface area (Å²) in [6.45, 7) is 21.8. The van der Waals surface area contributed by atoms with Crippen molar-refractivity contribution in [3.05, 3.63) is 59.3 Å². The van der Waals surface area contributed by atoms with Gasteiger partial charge in [-0.05, 0) is 48.4 Å². The highest BCUT2D eigenvalue weighted by Gasteiger charge is 2.55. The number of nitrogen functional groups attached to an aromatic ring is 1. The van der Waals surface area contributed by atoms with E-state index >= 15 is 0 Å². The minimum absolute atomic E-state index is 0.00414. The van der Waals surface area contributed by atoms with Gasteiger partial charge >= 0.3 is 8.60 Å². The predicted molar refractivity (Wildman–Crippen MR) is 186 cm³/mol. The summed E-state index contributed by atoms with van der Waals surface area (Å²) < 4.78 is 69.3. The topological polar surface area (TPSA) is 125 Å². The Morgan fingerprint density at radius 1 is 0.958 bits per heavy atom. The Morgan fingerprint density at radius 3 is 2.25 bits per heavy atom. The van der Waals surface area contributed by atoms with Crippen LogP contribution in [-0.4, -0.2) is 61.1 Å². The number of rotatable bonds is 9. The van der Waals surface area contributed by atoms with Crippen LogP contribution >= 0.6 is 20.2 Å². The molecule has 4 heterocycles. The van der Waals surface area contributed by atoms with E-state index in [9.17, 15) is 8.78 Å². The average Bonchev–Trinajstić information content (AvgIpc) is 3.54. The fourth-order valence-corrected chi connectivity index (χ4v) is 8.60. The second-order valence-corrected chi connectivity index (χ2v) is 26.1. The van der Waals surface area contributed by atoms with Gasteiger partial charge in [0.05, 0.1) is 24.2 Å². The quantitative estimate of drug-likeness (QED) is 0.129. The Balaban J connectivity index is 1.49. The van der Waals surface area contributed by atoms with Crippen molar-refractivity contribution >= 4 is 53.8 Å². The van der Waals surface area contributed by atoms with E-state index in [0.29, 0.717) is 11.2 Å². The summed E-state index contributed by atoms with van der Waals surface area (Å²) in [6.07, 6.45) is 2.50. The molecule has 0 spiro atoms. The van der Waals surface area contributed by atoms with E-state index in [1.807, 2.05) is 4.57 Å². The van der Waals surface area contributed by atoms with Gasteiger partial charge < -0.3 is 23.8 Å². The lowest BCUT2D eigenvalue weighted by Crippen LogP contribution is -2.54. The summed E-state index contributed by atoms with van der Waals surface area (Å²) in [4.78, 5) is 13.1. The third-order valence-corrected chi connectivity index (χ3v) is 20.0. The molecule has 2 aromatic heterocycles. The number of halogens is 3. The van der Waals surface area contributed by atoms with Crippen molar-refractivity contribution in [1.82, 2.24) is 19.5 Å². The normalized spacial score (nSPS) is 25.5. The van der Waals surface area contributed by atoms with E-state index in [0.717, 1.165) is 6.07 Å². The van der Waals surface area contributed by atoms with Crippen molar-refractivity contribution in [1.29, 1.82) is 0 Å². The maximum atomic E-state index is 14.7. The second-order valence-electron chi connectivity index (χ2n) is 15.1. The van der Waals surface area contributed by atoms with Crippen molar-refractivity contribution in [2.24, 2.45) is 0 Å². The van der Waals surface area contributed by atoms with Gasteiger partial charge in [-0.2, -0.15) is 0 Å². The average molecular weight is 744 g/mol. The van der Waals surface area contributed by atoms with Gasteiger partial charge in [-0.15, -0.1) is 0 Å². The highest BCUT2D eigenvalue weighted by molar-refractivity contribution is 7.41. The molecule has 0 aliphatic carbocycles. The lowest BCUT2D eigenvalue weighted by atomic mass is 10.1. The first kappa shape index (κ1) is 37.2. The monoisotopic (exact) mass is 743 g/mol. The molecule has 1 fully saturated rings. The van der Waals surface area contributed by atoms with Crippen LogP contribution in [0.15, 0.2) is 37.1 Å². The molecule has 0 bridgehead atoms. The number of aromatic nitrogens is 4. The van der Waals surface area contributed by atoms with Crippen LogP contribution in [0.2, 0.25) is 41.3 Å². The minimum atomic E-state index is -2.42. The van der Waals surface area contributed by atoms with Crippen LogP contribution in [-0.2, 0) is 27.2 Å².